The van der Waals surface area contributed by atoms with Crippen molar-refractivity contribution in [3.05, 3.63) is 7.05 Å². The minimum atomic E-state index is 0.643. The zero-order valence-corrected chi connectivity index (χ0v) is 6.85. The minimum absolute atomic E-state index is 0.643. The summed E-state index contributed by atoms with van der Waals surface area (Å²) < 4.78 is 0. The SMILES string of the molecule is [CH2-]N(C)C(C)CCCC. The molecule has 1 nitrogen and oxygen atoms in total. The third kappa shape index (κ3) is 4.46. The molecule has 1 atom stereocenters. The molecule has 0 rings (SSSR count). The fourth-order valence-corrected chi connectivity index (χ4v) is 0.720. The molecule has 0 fully saturated rings. The molecule has 9 heavy (non-hydrogen) atoms. The van der Waals surface area contributed by atoms with Crippen LogP contribution in [-0.4, -0.2) is 18.0 Å². The fourth-order valence-electron chi connectivity index (χ4n) is 0.720. The van der Waals surface area contributed by atoms with Gasteiger partial charge >= 0.3 is 0 Å². The van der Waals surface area contributed by atoms with Crippen LogP contribution in [0.1, 0.15) is 33.1 Å². The van der Waals surface area contributed by atoms with Gasteiger partial charge in [0.25, 0.3) is 0 Å². The van der Waals surface area contributed by atoms with E-state index in [-0.39, 0.29) is 0 Å². The highest BCUT2D eigenvalue weighted by Gasteiger charge is 1.96. The van der Waals surface area contributed by atoms with E-state index in [9.17, 15) is 0 Å². The lowest BCUT2D eigenvalue weighted by Gasteiger charge is -2.26. The molecule has 0 aliphatic carbocycles. The van der Waals surface area contributed by atoms with E-state index in [1.54, 1.807) is 0 Å². The molecular formula is C8H18N-. The van der Waals surface area contributed by atoms with E-state index < -0.39 is 0 Å². The first-order valence-electron chi connectivity index (χ1n) is 3.71. The first-order valence-corrected chi connectivity index (χ1v) is 3.71. The Kier molecular flexibility index (Phi) is 4.78. The predicted octanol–water partition coefficient (Wildman–Crippen LogP) is 2.29. The van der Waals surface area contributed by atoms with E-state index in [2.05, 4.69) is 20.9 Å². The van der Waals surface area contributed by atoms with Crippen LogP contribution in [0.3, 0.4) is 0 Å². The predicted molar refractivity (Wildman–Crippen MR) is 42.1 cm³/mol. The van der Waals surface area contributed by atoms with Crippen molar-refractivity contribution in [2.45, 2.75) is 39.2 Å². The average Bonchev–Trinajstić information content (AvgIpc) is 1.82. The maximum Gasteiger partial charge on any atom is -0.0216 e. The van der Waals surface area contributed by atoms with Crippen molar-refractivity contribution in [1.29, 1.82) is 0 Å². The molecule has 0 aliphatic rings. The van der Waals surface area contributed by atoms with Gasteiger partial charge in [0, 0.05) is 0 Å². The topological polar surface area (TPSA) is 3.24 Å². The summed E-state index contributed by atoms with van der Waals surface area (Å²) in [5.74, 6) is 0. The summed E-state index contributed by atoms with van der Waals surface area (Å²) in [5, 5.41) is 0. The van der Waals surface area contributed by atoms with E-state index in [0.29, 0.717) is 6.04 Å². The molecule has 0 radical (unpaired) electrons. The maximum absolute atomic E-state index is 3.82. The summed E-state index contributed by atoms with van der Waals surface area (Å²) >= 11 is 0. The van der Waals surface area contributed by atoms with Gasteiger partial charge in [0.2, 0.25) is 0 Å². The monoisotopic (exact) mass is 128 g/mol. The van der Waals surface area contributed by atoms with Crippen molar-refractivity contribution in [3.8, 4) is 0 Å². The average molecular weight is 128 g/mol. The van der Waals surface area contributed by atoms with Crippen molar-refractivity contribution in [2.75, 3.05) is 7.05 Å². The van der Waals surface area contributed by atoms with Gasteiger partial charge in [-0.2, -0.15) is 0 Å². The number of rotatable bonds is 4. The maximum atomic E-state index is 3.82. The standard InChI is InChI=1S/C8H18N/c1-5-6-7-8(2)9(3)4/h8H,3,5-7H2,1-2,4H3/q-1. The first-order chi connectivity index (χ1) is 4.18. The Balaban J connectivity index is 3.16. The summed E-state index contributed by atoms with van der Waals surface area (Å²) in [6.07, 6.45) is 3.88. The summed E-state index contributed by atoms with van der Waals surface area (Å²) in [5.41, 5.74) is 0. The molecule has 1 heteroatoms. The van der Waals surface area contributed by atoms with Gasteiger partial charge in [-0.25, -0.2) is 0 Å². The van der Waals surface area contributed by atoms with E-state index in [1.165, 1.54) is 19.3 Å². The molecular weight excluding hydrogens is 110 g/mol. The second-order valence-corrected chi connectivity index (χ2v) is 2.75. The molecule has 0 spiro atoms. The van der Waals surface area contributed by atoms with Crippen molar-refractivity contribution < 1.29 is 0 Å². The van der Waals surface area contributed by atoms with Gasteiger partial charge in [-0.05, 0) is 19.5 Å². The Hall–Kier alpha value is -0.0400. The van der Waals surface area contributed by atoms with Crippen LogP contribution in [-0.2, 0) is 0 Å². The van der Waals surface area contributed by atoms with Crippen molar-refractivity contribution in [2.24, 2.45) is 0 Å². The normalized spacial score (nSPS) is 14.3. The molecule has 0 heterocycles. The molecule has 0 aromatic heterocycles. The van der Waals surface area contributed by atoms with Crippen molar-refractivity contribution in [3.63, 3.8) is 0 Å². The Morgan fingerprint density at radius 3 is 2.44 bits per heavy atom. The molecule has 0 N–H and O–H groups in total. The molecule has 0 saturated carbocycles. The van der Waals surface area contributed by atoms with Gasteiger partial charge in [-0.15, -0.1) is 0 Å². The molecule has 1 unspecified atom stereocenters. The Bertz CT molecular complexity index is 59.6. The molecule has 0 amide bonds. The van der Waals surface area contributed by atoms with Crippen LogP contribution < -0.4 is 0 Å². The van der Waals surface area contributed by atoms with Crippen molar-refractivity contribution >= 4 is 0 Å². The summed E-state index contributed by atoms with van der Waals surface area (Å²) in [6.45, 7) is 4.43. The molecule has 0 aromatic rings. The lowest BCUT2D eigenvalue weighted by Crippen LogP contribution is -2.21. The summed E-state index contributed by atoms with van der Waals surface area (Å²) in [6, 6.07) is 0.643. The molecule has 0 aromatic carbocycles. The van der Waals surface area contributed by atoms with Gasteiger partial charge in [-0.3, -0.25) is 7.05 Å². The lowest BCUT2D eigenvalue weighted by atomic mass is 10.1. The van der Waals surface area contributed by atoms with Gasteiger partial charge in [0.15, 0.2) is 0 Å². The summed E-state index contributed by atoms with van der Waals surface area (Å²) in [4.78, 5) is 2.02. The fraction of sp³-hybridized carbons (Fsp3) is 0.875. The highest BCUT2D eigenvalue weighted by Crippen LogP contribution is 2.03. The van der Waals surface area contributed by atoms with E-state index in [4.69, 9.17) is 0 Å². The Morgan fingerprint density at radius 1 is 1.56 bits per heavy atom. The van der Waals surface area contributed by atoms with Crippen LogP contribution in [0.5, 0.6) is 0 Å². The van der Waals surface area contributed by atoms with Crippen LogP contribution in [0.4, 0.5) is 0 Å². The summed E-state index contributed by atoms with van der Waals surface area (Å²) in [7, 11) is 5.85. The van der Waals surface area contributed by atoms with Crippen LogP contribution in [0.15, 0.2) is 0 Å². The van der Waals surface area contributed by atoms with Gasteiger partial charge in [0.05, 0.1) is 0 Å². The zero-order valence-electron chi connectivity index (χ0n) is 6.85. The van der Waals surface area contributed by atoms with Gasteiger partial charge in [-0.1, -0.05) is 26.7 Å². The number of unbranched alkanes of at least 4 members (excludes halogenated alkanes) is 1. The minimum Gasteiger partial charge on any atom is -0.459 e. The lowest BCUT2D eigenvalue weighted by molar-refractivity contribution is 0.322. The third-order valence-electron chi connectivity index (χ3n) is 1.73. The van der Waals surface area contributed by atoms with Crippen LogP contribution in [0.2, 0.25) is 0 Å². The number of hydrogen-bond donors (Lipinski definition) is 0. The van der Waals surface area contributed by atoms with Crippen LogP contribution in [0, 0.1) is 7.05 Å². The highest BCUT2D eigenvalue weighted by molar-refractivity contribution is 4.60. The van der Waals surface area contributed by atoms with Crippen LogP contribution in [0.25, 0.3) is 0 Å². The molecule has 0 bridgehead atoms. The quantitative estimate of drug-likeness (QED) is 0.525. The van der Waals surface area contributed by atoms with Gasteiger partial charge < -0.3 is 4.90 Å². The van der Waals surface area contributed by atoms with Gasteiger partial charge in [0.1, 0.15) is 0 Å². The molecule has 56 valence electrons. The second-order valence-electron chi connectivity index (χ2n) is 2.75. The zero-order chi connectivity index (χ0) is 7.28. The number of nitrogens with zero attached hydrogens (tertiary/aromatic N) is 1. The van der Waals surface area contributed by atoms with E-state index >= 15 is 0 Å². The smallest absolute Gasteiger partial charge is 0.0216 e. The molecule has 0 saturated heterocycles. The first kappa shape index (κ1) is 8.96. The molecule has 0 aliphatic heterocycles. The number of hydrogen-bond acceptors (Lipinski definition) is 1. The van der Waals surface area contributed by atoms with E-state index in [1.807, 2.05) is 11.9 Å². The van der Waals surface area contributed by atoms with Crippen LogP contribution >= 0.6 is 0 Å². The Morgan fingerprint density at radius 2 is 2.11 bits per heavy atom. The second kappa shape index (κ2) is 4.80. The third-order valence-corrected chi connectivity index (χ3v) is 1.73. The Labute approximate surface area is 59.1 Å². The van der Waals surface area contributed by atoms with Crippen molar-refractivity contribution in [1.82, 2.24) is 4.90 Å². The largest absolute Gasteiger partial charge is 0.459 e. The van der Waals surface area contributed by atoms with E-state index in [0.717, 1.165) is 0 Å². The highest BCUT2D eigenvalue weighted by atomic mass is 15.1.